The number of carbonyl (C=O) groups excluding carboxylic acids is 1. The van der Waals surface area contributed by atoms with Crippen LogP contribution in [0.25, 0.3) is 11.1 Å². The molecule has 7 heteroatoms. The number of amides is 1. The molecule has 1 heterocycles. The van der Waals surface area contributed by atoms with Crippen molar-refractivity contribution in [1.82, 2.24) is 4.90 Å². The van der Waals surface area contributed by atoms with Crippen LogP contribution in [0.4, 0.5) is 4.79 Å². The Hall–Kier alpha value is -4.00. The lowest BCUT2D eigenvalue weighted by Gasteiger charge is -2.39. The van der Waals surface area contributed by atoms with E-state index in [1.54, 1.807) is 17.0 Å². The maximum atomic E-state index is 12.2. The molecule has 1 aliphatic heterocycles. The molecule has 0 atom stereocenters. The van der Waals surface area contributed by atoms with Crippen LogP contribution in [0.2, 0.25) is 0 Å². The molecular weight excluding hydrogens is 446 g/mol. The van der Waals surface area contributed by atoms with Gasteiger partial charge in [-0.1, -0.05) is 42.5 Å². The predicted octanol–water partition coefficient (Wildman–Crippen LogP) is 5.63. The fourth-order valence-electron chi connectivity index (χ4n) is 3.64. The number of benzene rings is 3. The lowest BCUT2D eigenvalue weighted by molar-refractivity contribution is -0.0221. The first kappa shape index (κ1) is 24.1. The van der Waals surface area contributed by atoms with Gasteiger partial charge in [0, 0.05) is 0 Å². The minimum Gasteiger partial charge on any atom is -0.489 e. The van der Waals surface area contributed by atoms with Gasteiger partial charge in [-0.15, -0.1) is 0 Å². The van der Waals surface area contributed by atoms with Crippen molar-refractivity contribution < 1.29 is 28.9 Å². The molecule has 0 aliphatic carbocycles. The van der Waals surface area contributed by atoms with Crippen molar-refractivity contribution in [2.75, 3.05) is 13.1 Å². The minimum atomic E-state index is -1.04. The molecule has 0 unspecified atom stereocenters. The number of carboxylic acids is 1. The highest BCUT2D eigenvalue weighted by atomic mass is 16.6. The van der Waals surface area contributed by atoms with Gasteiger partial charge in [0.05, 0.1) is 18.7 Å². The summed E-state index contributed by atoms with van der Waals surface area (Å²) in [4.78, 5) is 25.5. The van der Waals surface area contributed by atoms with Crippen LogP contribution in [-0.2, 0) is 11.3 Å². The van der Waals surface area contributed by atoms with E-state index in [1.165, 1.54) is 6.07 Å². The van der Waals surface area contributed by atoms with Crippen LogP contribution >= 0.6 is 0 Å². The van der Waals surface area contributed by atoms with Crippen molar-refractivity contribution in [3.63, 3.8) is 0 Å². The number of hydrogen-bond donors (Lipinski definition) is 1. The van der Waals surface area contributed by atoms with E-state index in [9.17, 15) is 14.7 Å². The van der Waals surface area contributed by atoms with Crippen LogP contribution < -0.4 is 9.47 Å². The highest BCUT2D eigenvalue weighted by Gasteiger charge is 2.35. The zero-order valence-electron chi connectivity index (χ0n) is 20.1. The Kier molecular flexibility index (Phi) is 6.96. The predicted molar refractivity (Wildman–Crippen MR) is 132 cm³/mol. The van der Waals surface area contributed by atoms with Gasteiger partial charge in [0.2, 0.25) is 0 Å². The average molecular weight is 476 g/mol. The Morgan fingerprint density at radius 3 is 2.31 bits per heavy atom. The molecule has 7 nitrogen and oxygen atoms in total. The SMILES string of the molecule is CC(C)(C)OC(=O)N1CC(Oc2cc(C(=O)O)cc(-c3cccc(OCc4ccccc4)c3)c2)C1. The molecule has 1 saturated heterocycles. The molecule has 1 aliphatic rings. The van der Waals surface area contributed by atoms with E-state index < -0.39 is 11.6 Å². The molecule has 0 spiro atoms. The summed E-state index contributed by atoms with van der Waals surface area (Å²) in [5.41, 5.74) is 2.13. The van der Waals surface area contributed by atoms with Crippen molar-refractivity contribution in [2.24, 2.45) is 0 Å². The van der Waals surface area contributed by atoms with Gasteiger partial charge >= 0.3 is 12.1 Å². The Morgan fingerprint density at radius 2 is 1.63 bits per heavy atom. The van der Waals surface area contributed by atoms with Gasteiger partial charge in [0.1, 0.15) is 29.8 Å². The fourth-order valence-corrected chi connectivity index (χ4v) is 3.64. The number of carboxylic acid groups (broad SMARTS) is 1. The van der Waals surface area contributed by atoms with Crippen LogP contribution in [0, 0.1) is 0 Å². The number of rotatable bonds is 7. The smallest absolute Gasteiger partial charge is 0.410 e. The maximum Gasteiger partial charge on any atom is 0.410 e. The Morgan fingerprint density at radius 1 is 0.914 bits per heavy atom. The molecule has 1 fully saturated rings. The van der Waals surface area contributed by atoms with Gasteiger partial charge in [0.25, 0.3) is 0 Å². The number of hydrogen-bond acceptors (Lipinski definition) is 5. The summed E-state index contributed by atoms with van der Waals surface area (Å²) in [6.45, 7) is 6.65. The topological polar surface area (TPSA) is 85.3 Å². The lowest BCUT2D eigenvalue weighted by Crippen LogP contribution is -2.57. The van der Waals surface area contributed by atoms with E-state index in [2.05, 4.69) is 0 Å². The molecule has 0 aromatic heterocycles. The van der Waals surface area contributed by atoms with Crippen LogP contribution in [0.3, 0.4) is 0 Å². The van der Waals surface area contributed by atoms with E-state index in [1.807, 2.05) is 75.4 Å². The summed E-state index contributed by atoms with van der Waals surface area (Å²) in [5, 5.41) is 9.62. The minimum absolute atomic E-state index is 0.122. The Balaban J connectivity index is 1.46. The Bertz CT molecular complexity index is 1200. The lowest BCUT2D eigenvalue weighted by atomic mass is 10.0. The summed E-state index contributed by atoms with van der Waals surface area (Å²) in [7, 11) is 0. The highest BCUT2D eigenvalue weighted by molar-refractivity contribution is 5.90. The summed E-state index contributed by atoms with van der Waals surface area (Å²) < 4.78 is 17.3. The maximum absolute atomic E-state index is 12.2. The van der Waals surface area contributed by atoms with Gasteiger partial charge in [-0.2, -0.15) is 0 Å². The molecule has 1 amide bonds. The molecule has 4 rings (SSSR count). The molecule has 3 aromatic carbocycles. The molecule has 1 N–H and O–H groups in total. The van der Waals surface area contributed by atoms with E-state index in [0.717, 1.165) is 11.1 Å². The molecule has 182 valence electrons. The first-order valence-corrected chi connectivity index (χ1v) is 11.5. The monoisotopic (exact) mass is 475 g/mol. The normalized spacial score (nSPS) is 13.6. The number of carbonyl (C=O) groups is 2. The number of aromatic carboxylic acids is 1. The third-order valence-electron chi connectivity index (χ3n) is 5.37. The van der Waals surface area contributed by atoms with Crippen LogP contribution in [0.15, 0.2) is 72.8 Å². The van der Waals surface area contributed by atoms with E-state index in [0.29, 0.717) is 36.8 Å². The highest BCUT2D eigenvalue weighted by Crippen LogP contribution is 2.30. The van der Waals surface area contributed by atoms with Crippen LogP contribution in [-0.4, -0.2) is 46.9 Å². The number of likely N-dealkylation sites (tertiary alicyclic amines) is 1. The Labute approximate surface area is 204 Å². The van der Waals surface area contributed by atoms with Gasteiger partial charge in [-0.3, -0.25) is 0 Å². The fraction of sp³-hybridized carbons (Fsp3) is 0.286. The van der Waals surface area contributed by atoms with Crippen molar-refractivity contribution in [3.05, 3.63) is 83.9 Å². The van der Waals surface area contributed by atoms with Crippen molar-refractivity contribution >= 4 is 12.1 Å². The first-order valence-electron chi connectivity index (χ1n) is 11.5. The van der Waals surface area contributed by atoms with Crippen LogP contribution in [0.1, 0.15) is 36.7 Å². The molecule has 35 heavy (non-hydrogen) atoms. The van der Waals surface area contributed by atoms with Crippen LogP contribution in [0.5, 0.6) is 11.5 Å². The summed E-state index contributed by atoms with van der Waals surface area (Å²) in [5.74, 6) is 0.0723. The second kappa shape index (κ2) is 10.1. The first-order chi connectivity index (χ1) is 16.7. The largest absolute Gasteiger partial charge is 0.489 e. The van der Waals surface area contributed by atoms with Crippen molar-refractivity contribution in [3.8, 4) is 22.6 Å². The zero-order valence-corrected chi connectivity index (χ0v) is 20.1. The second-order valence-electron chi connectivity index (χ2n) is 9.48. The molecular formula is C28H29NO6. The standard InChI is InChI=1S/C28H29NO6/c1-28(2,3)35-27(32)29-16-25(17-29)34-24-14-21(12-22(15-24)26(30)31)20-10-7-11-23(13-20)33-18-19-8-5-4-6-9-19/h4-15,25H,16-18H2,1-3H3,(H,30,31). The van der Waals surface area contributed by atoms with E-state index in [-0.39, 0.29) is 17.8 Å². The van der Waals surface area contributed by atoms with E-state index in [4.69, 9.17) is 14.2 Å². The van der Waals surface area contributed by atoms with Gasteiger partial charge in [0.15, 0.2) is 0 Å². The molecule has 3 aromatic rings. The quantitative estimate of drug-likeness (QED) is 0.477. The number of ether oxygens (including phenoxy) is 3. The van der Waals surface area contributed by atoms with Gasteiger partial charge < -0.3 is 24.2 Å². The van der Waals surface area contributed by atoms with E-state index >= 15 is 0 Å². The second-order valence-corrected chi connectivity index (χ2v) is 9.48. The summed E-state index contributed by atoms with van der Waals surface area (Å²) in [6.07, 6.45) is -0.621. The molecule has 0 saturated carbocycles. The average Bonchev–Trinajstić information content (AvgIpc) is 2.79. The third kappa shape index (κ3) is 6.53. The zero-order chi connectivity index (χ0) is 25.0. The molecule has 0 radical (unpaired) electrons. The molecule has 0 bridgehead atoms. The number of nitrogens with zero attached hydrogens (tertiary/aromatic N) is 1. The van der Waals surface area contributed by atoms with Crippen molar-refractivity contribution in [1.29, 1.82) is 0 Å². The van der Waals surface area contributed by atoms with Gasteiger partial charge in [-0.05, 0) is 67.8 Å². The third-order valence-corrected chi connectivity index (χ3v) is 5.37. The van der Waals surface area contributed by atoms with Gasteiger partial charge in [-0.25, -0.2) is 9.59 Å². The summed E-state index contributed by atoms with van der Waals surface area (Å²) in [6, 6.07) is 22.3. The van der Waals surface area contributed by atoms with Crippen molar-refractivity contribution in [2.45, 2.75) is 39.1 Å². The summed E-state index contributed by atoms with van der Waals surface area (Å²) >= 11 is 0.